The molecule has 2 rings (SSSR count). The summed E-state index contributed by atoms with van der Waals surface area (Å²) < 4.78 is 0. The van der Waals surface area contributed by atoms with Gasteiger partial charge in [-0.2, -0.15) is 0 Å². The Labute approximate surface area is 126 Å². The predicted octanol–water partition coefficient (Wildman–Crippen LogP) is 2.71. The van der Waals surface area contributed by atoms with E-state index in [1.807, 2.05) is 0 Å². The van der Waals surface area contributed by atoms with Crippen molar-refractivity contribution in [3.8, 4) is 0 Å². The highest BCUT2D eigenvalue weighted by molar-refractivity contribution is 4.82. The summed E-state index contributed by atoms with van der Waals surface area (Å²) in [5.74, 6) is 0. The normalized spacial score (nSPS) is 30.0. The SMILES string of the molecule is CC(C)NCC1CCCCN1CCC1CCCCN1C. The molecule has 2 aliphatic rings. The lowest BCUT2D eigenvalue weighted by atomic mass is 9.97. The quantitative estimate of drug-likeness (QED) is 0.807. The Morgan fingerprint density at radius 2 is 1.70 bits per heavy atom. The first kappa shape index (κ1) is 16.3. The Morgan fingerprint density at radius 3 is 2.40 bits per heavy atom. The Morgan fingerprint density at radius 1 is 1.00 bits per heavy atom. The van der Waals surface area contributed by atoms with E-state index < -0.39 is 0 Å². The van der Waals surface area contributed by atoms with Gasteiger partial charge in [0.15, 0.2) is 0 Å². The number of hydrogen-bond donors (Lipinski definition) is 1. The van der Waals surface area contributed by atoms with E-state index in [2.05, 4.69) is 36.0 Å². The Hall–Kier alpha value is -0.120. The monoisotopic (exact) mass is 281 g/mol. The van der Waals surface area contributed by atoms with Gasteiger partial charge in [0.1, 0.15) is 0 Å². The van der Waals surface area contributed by atoms with Crippen LogP contribution in [-0.4, -0.2) is 61.2 Å². The smallest absolute Gasteiger partial charge is 0.0220 e. The van der Waals surface area contributed by atoms with Crippen LogP contribution in [0.15, 0.2) is 0 Å². The molecule has 2 unspecified atom stereocenters. The van der Waals surface area contributed by atoms with Gasteiger partial charge in [-0.15, -0.1) is 0 Å². The highest BCUT2D eigenvalue weighted by atomic mass is 15.2. The number of piperidine rings is 2. The number of hydrogen-bond acceptors (Lipinski definition) is 3. The first-order valence-corrected chi connectivity index (χ1v) is 8.84. The molecule has 20 heavy (non-hydrogen) atoms. The molecule has 0 aromatic heterocycles. The molecule has 0 aromatic carbocycles. The standard InChI is InChI=1S/C17H35N3/c1-15(2)18-14-17-9-5-7-12-20(17)13-10-16-8-4-6-11-19(16)3/h15-18H,4-14H2,1-3H3. The molecule has 3 nitrogen and oxygen atoms in total. The minimum atomic E-state index is 0.614. The van der Waals surface area contributed by atoms with E-state index >= 15 is 0 Å². The third-order valence-electron chi connectivity index (χ3n) is 5.18. The Bertz CT molecular complexity index is 267. The molecule has 0 aliphatic carbocycles. The topological polar surface area (TPSA) is 18.5 Å². The molecular weight excluding hydrogens is 246 g/mol. The van der Waals surface area contributed by atoms with Crippen molar-refractivity contribution in [2.24, 2.45) is 0 Å². The van der Waals surface area contributed by atoms with Gasteiger partial charge in [-0.3, -0.25) is 4.90 Å². The molecule has 0 bridgehead atoms. The van der Waals surface area contributed by atoms with Crippen LogP contribution in [0.25, 0.3) is 0 Å². The van der Waals surface area contributed by atoms with Crippen molar-refractivity contribution in [1.29, 1.82) is 0 Å². The van der Waals surface area contributed by atoms with Crippen LogP contribution >= 0.6 is 0 Å². The third kappa shape index (κ3) is 5.01. The summed E-state index contributed by atoms with van der Waals surface area (Å²) >= 11 is 0. The van der Waals surface area contributed by atoms with Crippen molar-refractivity contribution in [2.45, 2.75) is 76.9 Å². The van der Waals surface area contributed by atoms with Gasteiger partial charge in [0, 0.05) is 24.7 Å². The molecule has 2 saturated heterocycles. The predicted molar refractivity (Wildman–Crippen MR) is 87.2 cm³/mol. The Balaban J connectivity index is 1.76. The molecule has 2 fully saturated rings. The molecule has 0 radical (unpaired) electrons. The number of rotatable bonds is 6. The van der Waals surface area contributed by atoms with Gasteiger partial charge in [-0.05, 0) is 58.8 Å². The molecule has 2 atom stereocenters. The number of nitrogens with one attached hydrogen (secondary N) is 1. The van der Waals surface area contributed by atoms with Crippen molar-refractivity contribution in [1.82, 2.24) is 15.1 Å². The minimum absolute atomic E-state index is 0.614. The maximum atomic E-state index is 3.64. The van der Waals surface area contributed by atoms with Crippen LogP contribution in [-0.2, 0) is 0 Å². The maximum Gasteiger partial charge on any atom is 0.0220 e. The van der Waals surface area contributed by atoms with Crippen LogP contribution in [0.1, 0.15) is 58.8 Å². The lowest BCUT2D eigenvalue weighted by Crippen LogP contribution is -2.48. The minimum Gasteiger partial charge on any atom is -0.313 e. The molecule has 1 N–H and O–H groups in total. The largest absolute Gasteiger partial charge is 0.313 e. The maximum absolute atomic E-state index is 3.64. The van der Waals surface area contributed by atoms with Gasteiger partial charge in [0.05, 0.1) is 0 Å². The molecular formula is C17H35N3. The molecule has 0 spiro atoms. The van der Waals surface area contributed by atoms with Crippen LogP contribution in [0.5, 0.6) is 0 Å². The van der Waals surface area contributed by atoms with Crippen molar-refractivity contribution in [3.63, 3.8) is 0 Å². The average molecular weight is 281 g/mol. The lowest BCUT2D eigenvalue weighted by molar-refractivity contribution is 0.110. The highest BCUT2D eigenvalue weighted by Gasteiger charge is 2.24. The van der Waals surface area contributed by atoms with E-state index in [9.17, 15) is 0 Å². The van der Waals surface area contributed by atoms with E-state index in [0.29, 0.717) is 6.04 Å². The van der Waals surface area contributed by atoms with Crippen LogP contribution in [0.2, 0.25) is 0 Å². The Kier molecular flexibility index (Phi) is 6.79. The van der Waals surface area contributed by atoms with Gasteiger partial charge >= 0.3 is 0 Å². The zero-order valence-corrected chi connectivity index (χ0v) is 13.9. The molecule has 2 heterocycles. The van der Waals surface area contributed by atoms with Crippen molar-refractivity contribution in [3.05, 3.63) is 0 Å². The summed E-state index contributed by atoms with van der Waals surface area (Å²) in [6.07, 6.45) is 9.84. The summed E-state index contributed by atoms with van der Waals surface area (Å²) in [5.41, 5.74) is 0. The summed E-state index contributed by atoms with van der Waals surface area (Å²) in [4.78, 5) is 5.36. The molecule has 0 aromatic rings. The molecule has 3 heteroatoms. The lowest BCUT2D eigenvalue weighted by Gasteiger charge is -2.39. The van der Waals surface area contributed by atoms with Gasteiger partial charge in [0.25, 0.3) is 0 Å². The van der Waals surface area contributed by atoms with Gasteiger partial charge < -0.3 is 10.2 Å². The van der Waals surface area contributed by atoms with Gasteiger partial charge in [-0.1, -0.05) is 26.7 Å². The fourth-order valence-electron chi connectivity index (χ4n) is 3.78. The third-order valence-corrected chi connectivity index (χ3v) is 5.18. The summed E-state index contributed by atoms with van der Waals surface area (Å²) in [6, 6.07) is 2.23. The number of nitrogens with zero attached hydrogens (tertiary/aromatic N) is 2. The van der Waals surface area contributed by atoms with E-state index in [1.165, 1.54) is 71.1 Å². The summed E-state index contributed by atoms with van der Waals surface area (Å²) in [5, 5.41) is 3.64. The summed E-state index contributed by atoms with van der Waals surface area (Å²) in [6.45, 7) is 9.62. The van der Waals surface area contributed by atoms with Gasteiger partial charge in [0.2, 0.25) is 0 Å². The van der Waals surface area contributed by atoms with E-state index in [-0.39, 0.29) is 0 Å². The molecule has 118 valence electrons. The van der Waals surface area contributed by atoms with Gasteiger partial charge in [-0.25, -0.2) is 0 Å². The second kappa shape index (κ2) is 8.35. The van der Waals surface area contributed by atoms with Crippen LogP contribution in [0.3, 0.4) is 0 Å². The second-order valence-corrected chi connectivity index (χ2v) is 7.17. The molecule has 0 saturated carbocycles. The summed E-state index contributed by atoms with van der Waals surface area (Å²) in [7, 11) is 2.32. The zero-order chi connectivity index (χ0) is 14.4. The van der Waals surface area contributed by atoms with E-state index in [4.69, 9.17) is 0 Å². The number of likely N-dealkylation sites (tertiary alicyclic amines) is 2. The van der Waals surface area contributed by atoms with E-state index in [1.54, 1.807) is 0 Å². The van der Waals surface area contributed by atoms with Crippen molar-refractivity contribution >= 4 is 0 Å². The van der Waals surface area contributed by atoms with Crippen molar-refractivity contribution in [2.75, 3.05) is 33.2 Å². The first-order valence-electron chi connectivity index (χ1n) is 8.84. The molecule has 2 aliphatic heterocycles. The molecule has 0 amide bonds. The zero-order valence-electron chi connectivity index (χ0n) is 13.9. The fraction of sp³-hybridized carbons (Fsp3) is 1.00. The highest BCUT2D eigenvalue weighted by Crippen LogP contribution is 2.21. The first-order chi connectivity index (χ1) is 9.66. The van der Waals surface area contributed by atoms with Crippen LogP contribution in [0, 0.1) is 0 Å². The van der Waals surface area contributed by atoms with Crippen molar-refractivity contribution < 1.29 is 0 Å². The van der Waals surface area contributed by atoms with E-state index in [0.717, 1.165) is 12.1 Å². The second-order valence-electron chi connectivity index (χ2n) is 7.17. The fourth-order valence-corrected chi connectivity index (χ4v) is 3.78. The van der Waals surface area contributed by atoms with Crippen LogP contribution < -0.4 is 5.32 Å². The average Bonchev–Trinajstić information content (AvgIpc) is 2.45. The van der Waals surface area contributed by atoms with Crippen LogP contribution in [0.4, 0.5) is 0 Å².